The summed E-state index contributed by atoms with van der Waals surface area (Å²) in [5.74, 6) is -0.223. The Morgan fingerprint density at radius 2 is 1.44 bits per heavy atom. The first-order chi connectivity index (χ1) is 13.2. The standard InChI is InChI=1S/C23H27NO3/c25-22-11-12-23(26-13-14-27-23)15-21(22)18-24(16-19-7-3-1-4-8-19)17-20-9-5-2-6-10-20/h1-10,21H,11-18H2. The number of ketones is 1. The predicted octanol–water partition coefficient (Wildman–Crippen LogP) is 3.80. The fourth-order valence-corrected chi connectivity index (χ4v) is 4.21. The number of rotatable bonds is 6. The molecule has 2 aromatic carbocycles. The molecule has 1 unspecified atom stereocenters. The topological polar surface area (TPSA) is 38.8 Å². The lowest BCUT2D eigenvalue weighted by atomic mass is 9.83. The maximum absolute atomic E-state index is 12.6. The molecule has 1 saturated carbocycles. The number of carbonyl (C=O) groups excluding carboxylic acids is 1. The van der Waals surface area contributed by atoms with Gasteiger partial charge in [-0.1, -0.05) is 60.7 Å². The van der Waals surface area contributed by atoms with Crippen LogP contribution in [-0.4, -0.2) is 36.2 Å². The molecule has 142 valence electrons. The van der Waals surface area contributed by atoms with Gasteiger partial charge in [0.1, 0.15) is 5.78 Å². The van der Waals surface area contributed by atoms with Gasteiger partial charge in [-0.15, -0.1) is 0 Å². The van der Waals surface area contributed by atoms with Crippen LogP contribution in [0.2, 0.25) is 0 Å². The van der Waals surface area contributed by atoms with E-state index in [9.17, 15) is 4.79 Å². The SMILES string of the molecule is O=C1CCC2(CC1CN(Cc1ccccc1)Cc1ccccc1)OCCO2. The van der Waals surface area contributed by atoms with Crippen LogP contribution in [0.15, 0.2) is 60.7 Å². The van der Waals surface area contributed by atoms with Crippen LogP contribution in [0.3, 0.4) is 0 Å². The Hall–Kier alpha value is -2.01. The Balaban J connectivity index is 1.49. The highest BCUT2D eigenvalue weighted by molar-refractivity contribution is 5.82. The number of nitrogens with zero attached hydrogens (tertiary/aromatic N) is 1. The lowest BCUT2D eigenvalue weighted by Crippen LogP contribution is -2.44. The predicted molar refractivity (Wildman–Crippen MR) is 104 cm³/mol. The van der Waals surface area contributed by atoms with Crippen molar-refractivity contribution in [3.05, 3.63) is 71.8 Å². The molecule has 4 heteroatoms. The highest BCUT2D eigenvalue weighted by atomic mass is 16.7. The molecular formula is C23H27NO3. The molecule has 0 bridgehead atoms. The maximum atomic E-state index is 12.6. The molecule has 0 N–H and O–H groups in total. The second-order valence-electron chi connectivity index (χ2n) is 7.62. The van der Waals surface area contributed by atoms with Crippen LogP contribution in [0.4, 0.5) is 0 Å². The van der Waals surface area contributed by atoms with Crippen LogP contribution in [0.1, 0.15) is 30.4 Å². The largest absolute Gasteiger partial charge is 0.347 e. The van der Waals surface area contributed by atoms with Gasteiger partial charge in [0.25, 0.3) is 0 Å². The first kappa shape index (κ1) is 18.4. The number of ether oxygens (including phenoxy) is 2. The first-order valence-corrected chi connectivity index (χ1v) is 9.83. The molecule has 1 spiro atoms. The Labute approximate surface area is 161 Å². The Morgan fingerprint density at radius 3 is 2.00 bits per heavy atom. The molecule has 4 nitrogen and oxygen atoms in total. The van der Waals surface area contributed by atoms with E-state index in [1.165, 1.54) is 11.1 Å². The van der Waals surface area contributed by atoms with Gasteiger partial charge in [0.05, 0.1) is 13.2 Å². The summed E-state index contributed by atoms with van der Waals surface area (Å²) < 4.78 is 11.8. The van der Waals surface area contributed by atoms with E-state index in [-0.39, 0.29) is 5.92 Å². The van der Waals surface area contributed by atoms with Crippen molar-refractivity contribution in [3.8, 4) is 0 Å². The Bertz CT molecular complexity index is 699. The second kappa shape index (κ2) is 8.34. The molecule has 2 fully saturated rings. The van der Waals surface area contributed by atoms with Gasteiger partial charge in [-0.2, -0.15) is 0 Å². The summed E-state index contributed by atoms with van der Waals surface area (Å²) in [6, 6.07) is 20.9. The molecule has 4 rings (SSSR count). The summed E-state index contributed by atoms with van der Waals surface area (Å²) in [4.78, 5) is 15.0. The molecule has 27 heavy (non-hydrogen) atoms. The number of hydrogen-bond donors (Lipinski definition) is 0. The van der Waals surface area contributed by atoms with Gasteiger partial charge in [0.2, 0.25) is 0 Å². The van der Waals surface area contributed by atoms with Crippen LogP contribution >= 0.6 is 0 Å². The van der Waals surface area contributed by atoms with Crippen molar-refractivity contribution >= 4 is 5.78 Å². The smallest absolute Gasteiger partial charge is 0.169 e. The number of hydrogen-bond acceptors (Lipinski definition) is 4. The van der Waals surface area contributed by atoms with Crippen LogP contribution in [0.5, 0.6) is 0 Å². The van der Waals surface area contributed by atoms with E-state index in [2.05, 4.69) is 53.4 Å². The highest BCUT2D eigenvalue weighted by Gasteiger charge is 2.44. The fourth-order valence-electron chi connectivity index (χ4n) is 4.21. The van der Waals surface area contributed by atoms with Gasteiger partial charge in [-0.25, -0.2) is 0 Å². The molecule has 2 aliphatic rings. The fraction of sp³-hybridized carbons (Fsp3) is 0.435. The third-order valence-electron chi connectivity index (χ3n) is 5.56. The molecule has 1 aliphatic carbocycles. The minimum Gasteiger partial charge on any atom is -0.347 e. The summed E-state index contributed by atoms with van der Waals surface area (Å²) >= 11 is 0. The van der Waals surface area contributed by atoms with E-state index in [1.807, 2.05) is 12.1 Å². The molecule has 2 aromatic rings. The highest BCUT2D eigenvalue weighted by Crippen LogP contribution is 2.37. The normalized spacial score (nSPS) is 21.8. The number of carbonyl (C=O) groups is 1. The summed E-state index contributed by atoms with van der Waals surface area (Å²) in [6.07, 6.45) is 1.92. The summed E-state index contributed by atoms with van der Waals surface area (Å²) in [6.45, 7) is 3.66. The van der Waals surface area contributed by atoms with Gasteiger partial charge >= 0.3 is 0 Å². The molecule has 0 radical (unpaired) electrons. The molecular weight excluding hydrogens is 338 g/mol. The van der Waals surface area contributed by atoms with E-state index in [4.69, 9.17) is 9.47 Å². The minimum absolute atomic E-state index is 0.0377. The Kier molecular flexibility index (Phi) is 5.67. The average molecular weight is 365 g/mol. The van der Waals surface area contributed by atoms with E-state index in [0.29, 0.717) is 38.3 Å². The van der Waals surface area contributed by atoms with E-state index >= 15 is 0 Å². The molecule has 1 heterocycles. The molecule has 0 aromatic heterocycles. The molecule has 1 saturated heterocycles. The van der Waals surface area contributed by atoms with Crippen molar-refractivity contribution in [1.82, 2.24) is 4.90 Å². The zero-order valence-electron chi connectivity index (χ0n) is 15.7. The maximum Gasteiger partial charge on any atom is 0.169 e. The van der Waals surface area contributed by atoms with E-state index < -0.39 is 5.79 Å². The van der Waals surface area contributed by atoms with Crippen molar-refractivity contribution in [2.45, 2.75) is 38.1 Å². The summed E-state index contributed by atoms with van der Waals surface area (Å²) in [7, 11) is 0. The van der Waals surface area contributed by atoms with Gasteiger partial charge in [-0.3, -0.25) is 9.69 Å². The molecule has 1 atom stereocenters. The van der Waals surface area contributed by atoms with Gasteiger partial charge in [0.15, 0.2) is 5.79 Å². The lowest BCUT2D eigenvalue weighted by molar-refractivity contribution is -0.190. The minimum atomic E-state index is -0.524. The first-order valence-electron chi connectivity index (χ1n) is 9.83. The van der Waals surface area contributed by atoms with Crippen molar-refractivity contribution in [2.75, 3.05) is 19.8 Å². The average Bonchev–Trinajstić information content (AvgIpc) is 3.14. The molecule has 1 aliphatic heterocycles. The number of benzene rings is 2. The van der Waals surface area contributed by atoms with E-state index in [1.54, 1.807) is 0 Å². The van der Waals surface area contributed by atoms with Crippen molar-refractivity contribution in [2.24, 2.45) is 5.92 Å². The second-order valence-corrected chi connectivity index (χ2v) is 7.62. The lowest BCUT2D eigenvalue weighted by Gasteiger charge is -2.37. The van der Waals surface area contributed by atoms with Crippen LogP contribution < -0.4 is 0 Å². The zero-order chi connectivity index (χ0) is 18.5. The molecule has 0 amide bonds. The summed E-state index contributed by atoms with van der Waals surface area (Å²) in [5, 5.41) is 0. The summed E-state index contributed by atoms with van der Waals surface area (Å²) in [5.41, 5.74) is 2.53. The van der Waals surface area contributed by atoms with E-state index in [0.717, 1.165) is 19.6 Å². The van der Waals surface area contributed by atoms with Gasteiger partial charge < -0.3 is 9.47 Å². The van der Waals surface area contributed by atoms with Gasteiger partial charge in [-0.05, 0) is 11.1 Å². The third-order valence-corrected chi connectivity index (χ3v) is 5.56. The van der Waals surface area contributed by atoms with Crippen LogP contribution in [-0.2, 0) is 27.4 Å². The zero-order valence-corrected chi connectivity index (χ0v) is 15.7. The van der Waals surface area contributed by atoms with Crippen molar-refractivity contribution in [1.29, 1.82) is 0 Å². The van der Waals surface area contributed by atoms with Crippen LogP contribution in [0.25, 0.3) is 0 Å². The van der Waals surface area contributed by atoms with Crippen LogP contribution in [0, 0.1) is 5.92 Å². The van der Waals surface area contributed by atoms with Crippen molar-refractivity contribution in [3.63, 3.8) is 0 Å². The monoisotopic (exact) mass is 365 g/mol. The van der Waals surface area contributed by atoms with Gasteiger partial charge in [0, 0.05) is 44.8 Å². The quantitative estimate of drug-likeness (QED) is 0.780. The Morgan fingerprint density at radius 1 is 0.889 bits per heavy atom. The van der Waals surface area contributed by atoms with Crippen molar-refractivity contribution < 1.29 is 14.3 Å². The number of Topliss-reactive ketones (excluding diaryl/α,β-unsaturated/α-hetero) is 1. The third kappa shape index (κ3) is 4.64.